The number of aliphatic imine (C=N–C) groups is 1. The van der Waals surface area contributed by atoms with Gasteiger partial charge in [-0.1, -0.05) is 32.4 Å². The van der Waals surface area contributed by atoms with Gasteiger partial charge < -0.3 is 10.8 Å². The molecule has 1 aromatic carbocycles. The summed E-state index contributed by atoms with van der Waals surface area (Å²) in [5, 5.41) is 10.1. The summed E-state index contributed by atoms with van der Waals surface area (Å²) in [6.45, 7) is 6.75. The molecule has 0 saturated heterocycles. The molecule has 2 rings (SSSR count). The maximum atomic E-state index is 10.1. The summed E-state index contributed by atoms with van der Waals surface area (Å²) in [5.41, 5.74) is 9.79. The first-order chi connectivity index (χ1) is 10.3. The van der Waals surface area contributed by atoms with Crippen molar-refractivity contribution in [1.82, 2.24) is 0 Å². The third kappa shape index (κ3) is 4.71. The van der Waals surface area contributed by atoms with E-state index in [2.05, 4.69) is 11.1 Å². The summed E-state index contributed by atoms with van der Waals surface area (Å²) in [6.07, 6.45) is 7.16. The quantitative estimate of drug-likeness (QED) is 0.657. The average molecular weight is 288 g/mol. The SMILES string of the molecule is CC.CCN=C(/C=C\N)c1ccc2c(c1)CCCCC2O. The van der Waals surface area contributed by atoms with Gasteiger partial charge in [-0.15, -0.1) is 0 Å². The largest absolute Gasteiger partial charge is 0.405 e. The maximum Gasteiger partial charge on any atom is 0.0792 e. The van der Waals surface area contributed by atoms with Gasteiger partial charge in [-0.05, 0) is 61.2 Å². The molecule has 1 atom stereocenters. The van der Waals surface area contributed by atoms with E-state index in [0.717, 1.165) is 49.1 Å². The molecule has 116 valence electrons. The standard InChI is InChI=1S/C16H22N2O.C2H6/c1-2-18-15(9-10-17)13-7-8-14-12(11-13)5-3-4-6-16(14)19;1-2/h7-11,16,19H,2-6,17H2,1H3;1-2H3/b10-9-,18-15?;. The molecule has 1 unspecified atom stereocenters. The highest BCUT2D eigenvalue weighted by atomic mass is 16.3. The Bertz CT molecular complexity index is 492. The fourth-order valence-corrected chi connectivity index (χ4v) is 2.62. The second kappa shape index (κ2) is 9.35. The number of aryl methyl sites for hydroxylation is 1. The number of hydrogen-bond donors (Lipinski definition) is 2. The molecule has 0 aromatic heterocycles. The molecule has 0 saturated carbocycles. The number of hydrogen-bond acceptors (Lipinski definition) is 3. The zero-order chi connectivity index (χ0) is 15.7. The van der Waals surface area contributed by atoms with E-state index in [0.29, 0.717) is 0 Å². The van der Waals surface area contributed by atoms with Crippen molar-refractivity contribution in [1.29, 1.82) is 0 Å². The van der Waals surface area contributed by atoms with Crippen molar-refractivity contribution in [3.8, 4) is 0 Å². The smallest absolute Gasteiger partial charge is 0.0792 e. The van der Waals surface area contributed by atoms with E-state index in [1.807, 2.05) is 39.0 Å². The van der Waals surface area contributed by atoms with Crippen LogP contribution in [0.2, 0.25) is 0 Å². The molecular weight excluding hydrogens is 260 g/mol. The lowest BCUT2D eigenvalue weighted by Crippen LogP contribution is -2.04. The molecule has 1 aromatic rings. The van der Waals surface area contributed by atoms with Crippen molar-refractivity contribution in [3.05, 3.63) is 47.2 Å². The molecule has 0 fully saturated rings. The number of nitrogens with two attached hydrogens (primary N) is 1. The number of rotatable bonds is 3. The summed E-state index contributed by atoms with van der Waals surface area (Å²) in [5.74, 6) is 0. The number of allylic oxidation sites excluding steroid dienone is 1. The molecule has 0 radical (unpaired) electrons. The van der Waals surface area contributed by atoms with E-state index in [-0.39, 0.29) is 6.10 Å². The van der Waals surface area contributed by atoms with Gasteiger partial charge in [-0.2, -0.15) is 0 Å². The van der Waals surface area contributed by atoms with Gasteiger partial charge >= 0.3 is 0 Å². The lowest BCUT2D eigenvalue weighted by molar-refractivity contribution is 0.166. The maximum absolute atomic E-state index is 10.1. The van der Waals surface area contributed by atoms with Crippen LogP contribution in [0.4, 0.5) is 0 Å². The van der Waals surface area contributed by atoms with Crippen molar-refractivity contribution < 1.29 is 5.11 Å². The predicted molar refractivity (Wildman–Crippen MR) is 90.7 cm³/mol. The second-order valence-corrected chi connectivity index (χ2v) is 4.89. The zero-order valence-corrected chi connectivity index (χ0v) is 13.5. The third-order valence-corrected chi connectivity index (χ3v) is 3.55. The first kappa shape index (κ1) is 17.4. The number of aliphatic hydroxyl groups excluding tert-OH is 1. The van der Waals surface area contributed by atoms with Crippen LogP contribution in [-0.2, 0) is 6.42 Å². The molecule has 0 bridgehead atoms. The molecule has 1 aliphatic rings. The summed E-state index contributed by atoms with van der Waals surface area (Å²) < 4.78 is 0. The first-order valence-corrected chi connectivity index (χ1v) is 8.00. The number of fused-ring (bicyclic) bond motifs is 1. The minimum absolute atomic E-state index is 0.317. The summed E-state index contributed by atoms with van der Waals surface area (Å²) in [4.78, 5) is 4.46. The third-order valence-electron chi connectivity index (χ3n) is 3.55. The van der Waals surface area contributed by atoms with Gasteiger partial charge in [0.2, 0.25) is 0 Å². The van der Waals surface area contributed by atoms with Crippen LogP contribution in [0.3, 0.4) is 0 Å². The fourth-order valence-electron chi connectivity index (χ4n) is 2.62. The van der Waals surface area contributed by atoms with E-state index in [1.54, 1.807) is 0 Å². The van der Waals surface area contributed by atoms with Gasteiger partial charge in [0.15, 0.2) is 0 Å². The van der Waals surface area contributed by atoms with Gasteiger partial charge in [0.1, 0.15) is 0 Å². The minimum atomic E-state index is -0.317. The minimum Gasteiger partial charge on any atom is -0.405 e. The molecule has 0 spiro atoms. The molecule has 3 nitrogen and oxygen atoms in total. The summed E-state index contributed by atoms with van der Waals surface area (Å²) >= 11 is 0. The Morgan fingerprint density at radius 3 is 2.81 bits per heavy atom. The van der Waals surface area contributed by atoms with Crippen molar-refractivity contribution in [2.75, 3.05) is 6.54 Å². The van der Waals surface area contributed by atoms with Gasteiger partial charge in [0.05, 0.1) is 11.8 Å². The Morgan fingerprint density at radius 2 is 2.14 bits per heavy atom. The van der Waals surface area contributed by atoms with E-state index >= 15 is 0 Å². The van der Waals surface area contributed by atoms with Gasteiger partial charge in [-0.25, -0.2) is 0 Å². The van der Waals surface area contributed by atoms with Crippen molar-refractivity contribution in [2.24, 2.45) is 10.7 Å². The van der Waals surface area contributed by atoms with E-state index in [4.69, 9.17) is 5.73 Å². The highest BCUT2D eigenvalue weighted by Crippen LogP contribution is 2.29. The molecule has 3 N–H and O–H groups in total. The lowest BCUT2D eigenvalue weighted by Gasteiger charge is -2.13. The van der Waals surface area contributed by atoms with Crippen molar-refractivity contribution in [3.63, 3.8) is 0 Å². The van der Waals surface area contributed by atoms with Crippen LogP contribution in [0.1, 0.15) is 62.8 Å². The molecular formula is C18H28N2O. The summed E-state index contributed by atoms with van der Waals surface area (Å²) in [6, 6.07) is 6.22. The number of benzene rings is 1. The highest BCUT2D eigenvalue weighted by Gasteiger charge is 2.16. The van der Waals surface area contributed by atoms with Crippen LogP contribution >= 0.6 is 0 Å². The number of aliphatic hydroxyl groups is 1. The number of nitrogens with zero attached hydrogens (tertiary/aromatic N) is 1. The Morgan fingerprint density at radius 1 is 1.38 bits per heavy atom. The van der Waals surface area contributed by atoms with Crippen LogP contribution in [0.5, 0.6) is 0 Å². The highest BCUT2D eigenvalue weighted by molar-refractivity contribution is 6.08. The monoisotopic (exact) mass is 288 g/mol. The summed E-state index contributed by atoms with van der Waals surface area (Å²) in [7, 11) is 0. The molecule has 3 heteroatoms. The molecule has 0 aliphatic heterocycles. The van der Waals surface area contributed by atoms with E-state index in [9.17, 15) is 5.11 Å². The lowest BCUT2D eigenvalue weighted by atomic mass is 9.96. The molecule has 0 heterocycles. The van der Waals surface area contributed by atoms with Crippen LogP contribution in [0, 0.1) is 0 Å². The fraction of sp³-hybridized carbons (Fsp3) is 0.500. The Labute approximate surface area is 128 Å². The molecule has 1 aliphatic carbocycles. The van der Waals surface area contributed by atoms with Crippen LogP contribution in [0.25, 0.3) is 0 Å². The Balaban J connectivity index is 0.00000106. The topological polar surface area (TPSA) is 58.6 Å². The predicted octanol–water partition coefficient (Wildman–Crippen LogP) is 3.75. The van der Waals surface area contributed by atoms with Gasteiger partial charge in [0.25, 0.3) is 0 Å². The zero-order valence-electron chi connectivity index (χ0n) is 13.5. The van der Waals surface area contributed by atoms with Crippen molar-refractivity contribution >= 4 is 5.71 Å². The van der Waals surface area contributed by atoms with Crippen LogP contribution in [-0.4, -0.2) is 17.4 Å². The molecule has 21 heavy (non-hydrogen) atoms. The van der Waals surface area contributed by atoms with Gasteiger partial charge in [0, 0.05) is 6.54 Å². The normalized spacial score (nSPS) is 18.7. The Hall–Kier alpha value is -1.61. The second-order valence-electron chi connectivity index (χ2n) is 4.89. The van der Waals surface area contributed by atoms with Crippen molar-refractivity contribution in [2.45, 2.75) is 52.6 Å². The van der Waals surface area contributed by atoms with Crippen LogP contribution in [0.15, 0.2) is 35.5 Å². The van der Waals surface area contributed by atoms with E-state index in [1.165, 1.54) is 11.8 Å². The Kier molecular flexibility index (Phi) is 7.76. The van der Waals surface area contributed by atoms with Gasteiger partial charge in [-0.3, -0.25) is 4.99 Å². The van der Waals surface area contributed by atoms with E-state index < -0.39 is 0 Å². The first-order valence-electron chi connectivity index (χ1n) is 8.00. The van der Waals surface area contributed by atoms with Crippen LogP contribution < -0.4 is 5.73 Å². The molecule has 0 amide bonds. The average Bonchev–Trinajstić information content (AvgIpc) is 2.70.